The first-order chi connectivity index (χ1) is 8.72. The van der Waals surface area contributed by atoms with Crippen LogP contribution in [0.2, 0.25) is 5.02 Å². The molecule has 1 aliphatic rings. The topological polar surface area (TPSA) is 32.6 Å². The van der Waals surface area contributed by atoms with E-state index >= 15 is 0 Å². The Morgan fingerprint density at radius 2 is 2.32 bits per heavy atom. The van der Waals surface area contributed by atoms with E-state index in [0.29, 0.717) is 6.04 Å². The Morgan fingerprint density at radius 1 is 1.47 bits per heavy atom. The van der Waals surface area contributed by atoms with E-state index in [2.05, 4.69) is 26.5 Å². The molecular formula is C13H18Cl2N4. The molecule has 1 fully saturated rings. The lowest BCUT2D eigenvalue weighted by Crippen LogP contribution is -2.48. The second-order valence-corrected chi connectivity index (χ2v) is 5.35. The number of nitrogens with one attached hydrogen (secondary N) is 1. The molecule has 104 valence electrons. The SMILES string of the molecule is C[C@H]1CN(Cc2cnc3ccc(Cl)cn23)CCN1.Cl. The van der Waals surface area contributed by atoms with Gasteiger partial charge >= 0.3 is 0 Å². The van der Waals surface area contributed by atoms with Gasteiger partial charge in [0.15, 0.2) is 0 Å². The van der Waals surface area contributed by atoms with Gasteiger partial charge < -0.3 is 9.72 Å². The largest absolute Gasteiger partial charge is 0.312 e. The zero-order valence-electron chi connectivity index (χ0n) is 10.8. The molecule has 1 aliphatic heterocycles. The number of pyridine rings is 1. The van der Waals surface area contributed by atoms with Crippen LogP contribution in [0.5, 0.6) is 0 Å². The second-order valence-electron chi connectivity index (χ2n) is 4.92. The van der Waals surface area contributed by atoms with Gasteiger partial charge in [0.2, 0.25) is 0 Å². The van der Waals surface area contributed by atoms with Crippen molar-refractivity contribution in [3.05, 3.63) is 35.2 Å². The summed E-state index contributed by atoms with van der Waals surface area (Å²) in [5, 5.41) is 4.20. The lowest BCUT2D eigenvalue weighted by atomic mass is 10.2. The number of nitrogens with zero attached hydrogens (tertiary/aromatic N) is 3. The van der Waals surface area contributed by atoms with Crippen molar-refractivity contribution >= 4 is 29.7 Å². The van der Waals surface area contributed by atoms with Gasteiger partial charge in [-0.3, -0.25) is 4.90 Å². The van der Waals surface area contributed by atoms with Gasteiger partial charge in [-0.05, 0) is 19.1 Å². The van der Waals surface area contributed by atoms with Crippen LogP contribution < -0.4 is 5.32 Å². The summed E-state index contributed by atoms with van der Waals surface area (Å²) in [5.74, 6) is 0. The van der Waals surface area contributed by atoms with Crippen molar-refractivity contribution in [3.63, 3.8) is 0 Å². The molecule has 0 saturated carbocycles. The van der Waals surface area contributed by atoms with Gasteiger partial charge in [-0.2, -0.15) is 0 Å². The average Bonchev–Trinajstić information content (AvgIpc) is 2.72. The maximum absolute atomic E-state index is 6.04. The highest BCUT2D eigenvalue weighted by atomic mass is 35.5. The molecule has 4 nitrogen and oxygen atoms in total. The second kappa shape index (κ2) is 6.09. The molecule has 1 saturated heterocycles. The third-order valence-corrected chi connectivity index (χ3v) is 3.61. The summed E-state index contributed by atoms with van der Waals surface area (Å²) in [6, 6.07) is 4.38. The molecule has 0 aliphatic carbocycles. The van der Waals surface area contributed by atoms with Gasteiger partial charge in [0, 0.05) is 38.4 Å². The average molecular weight is 301 g/mol. The van der Waals surface area contributed by atoms with Gasteiger partial charge in [0.1, 0.15) is 5.65 Å². The highest BCUT2D eigenvalue weighted by Gasteiger charge is 2.16. The summed E-state index contributed by atoms with van der Waals surface area (Å²) in [7, 11) is 0. The normalized spacial score (nSPS) is 20.4. The minimum absolute atomic E-state index is 0. The Bertz CT molecular complexity index is 555. The Kier molecular flexibility index (Phi) is 4.68. The van der Waals surface area contributed by atoms with Crippen LogP contribution in [0.1, 0.15) is 12.6 Å². The monoisotopic (exact) mass is 300 g/mol. The molecule has 0 unspecified atom stereocenters. The number of imidazole rings is 1. The number of aromatic nitrogens is 2. The number of hydrogen-bond donors (Lipinski definition) is 1. The van der Waals surface area contributed by atoms with Crippen molar-refractivity contribution in [1.82, 2.24) is 19.6 Å². The fraction of sp³-hybridized carbons (Fsp3) is 0.462. The molecular weight excluding hydrogens is 283 g/mol. The smallest absolute Gasteiger partial charge is 0.137 e. The molecule has 19 heavy (non-hydrogen) atoms. The summed E-state index contributed by atoms with van der Waals surface area (Å²) in [4.78, 5) is 6.86. The highest BCUT2D eigenvalue weighted by Crippen LogP contribution is 2.15. The van der Waals surface area contributed by atoms with E-state index in [1.807, 2.05) is 24.5 Å². The van der Waals surface area contributed by atoms with Gasteiger partial charge in [0.25, 0.3) is 0 Å². The Balaban J connectivity index is 0.00000133. The first-order valence-electron chi connectivity index (χ1n) is 6.29. The Hall–Kier alpha value is -0.810. The minimum atomic E-state index is 0. The van der Waals surface area contributed by atoms with E-state index in [1.54, 1.807) is 0 Å². The zero-order valence-corrected chi connectivity index (χ0v) is 12.4. The fourth-order valence-electron chi connectivity index (χ4n) is 2.51. The quantitative estimate of drug-likeness (QED) is 0.923. The number of halogens is 2. The lowest BCUT2D eigenvalue weighted by Gasteiger charge is -2.31. The Labute approximate surface area is 124 Å². The van der Waals surface area contributed by atoms with E-state index in [1.165, 1.54) is 5.69 Å². The van der Waals surface area contributed by atoms with Crippen LogP contribution in [0.4, 0.5) is 0 Å². The van der Waals surface area contributed by atoms with Crippen LogP contribution in [0.15, 0.2) is 24.5 Å². The van der Waals surface area contributed by atoms with Crippen LogP contribution in [-0.4, -0.2) is 40.0 Å². The molecule has 3 heterocycles. The summed E-state index contributed by atoms with van der Waals surface area (Å²) in [5.41, 5.74) is 2.15. The van der Waals surface area contributed by atoms with E-state index < -0.39 is 0 Å². The molecule has 0 radical (unpaired) electrons. The van der Waals surface area contributed by atoms with Crippen molar-refractivity contribution in [2.24, 2.45) is 0 Å². The summed E-state index contributed by atoms with van der Waals surface area (Å²) in [6.45, 7) is 6.36. The van der Waals surface area contributed by atoms with E-state index in [9.17, 15) is 0 Å². The standard InChI is InChI=1S/C13H17ClN4.ClH/c1-10-7-17(5-4-15-10)9-12-6-16-13-3-2-11(14)8-18(12)13;/h2-3,6,8,10,15H,4-5,7,9H2,1H3;1H/t10-;/m0./s1. The van der Waals surface area contributed by atoms with Crippen LogP contribution in [-0.2, 0) is 6.54 Å². The van der Waals surface area contributed by atoms with Gasteiger partial charge in [-0.25, -0.2) is 4.98 Å². The molecule has 3 rings (SSSR count). The summed E-state index contributed by atoms with van der Waals surface area (Å²) >= 11 is 6.04. The molecule has 1 atom stereocenters. The van der Waals surface area contributed by atoms with Crippen LogP contribution in [0, 0.1) is 0 Å². The first-order valence-corrected chi connectivity index (χ1v) is 6.67. The van der Waals surface area contributed by atoms with E-state index in [-0.39, 0.29) is 12.4 Å². The number of hydrogen-bond acceptors (Lipinski definition) is 3. The van der Waals surface area contributed by atoms with Gasteiger partial charge in [-0.15, -0.1) is 12.4 Å². The Morgan fingerprint density at radius 3 is 3.11 bits per heavy atom. The van der Waals surface area contributed by atoms with Crippen LogP contribution in [0.3, 0.4) is 0 Å². The predicted molar refractivity (Wildman–Crippen MR) is 80.2 cm³/mol. The maximum atomic E-state index is 6.04. The third-order valence-electron chi connectivity index (χ3n) is 3.38. The number of fused-ring (bicyclic) bond motifs is 1. The zero-order chi connectivity index (χ0) is 12.5. The molecule has 0 spiro atoms. The molecule has 2 aromatic heterocycles. The van der Waals surface area contributed by atoms with E-state index in [0.717, 1.165) is 36.8 Å². The lowest BCUT2D eigenvalue weighted by molar-refractivity contribution is 0.197. The molecule has 6 heteroatoms. The van der Waals surface area contributed by atoms with Crippen LogP contribution >= 0.6 is 24.0 Å². The van der Waals surface area contributed by atoms with E-state index in [4.69, 9.17) is 11.6 Å². The molecule has 0 amide bonds. The first kappa shape index (κ1) is 14.6. The van der Waals surface area contributed by atoms with Crippen molar-refractivity contribution in [3.8, 4) is 0 Å². The highest BCUT2D eigenvalue weighted by molar-refractivity contribution is 6.30. The summed E-state index contributed by atoms with van der Waals surface area (Å²) in [6.07, 6.45) is 3.88. The van der Waals surface area contributed by atoms with Gasteiger partial charge in [-0.1, -0.05) is 11.6 Å². The number of piperazine rings is 1. The predicted octanol–water partition coefficient (Wildman–Crippen LogP) is 2.20. The van der Waals surface area contributed by atoms with Gasteiger partial charge in [0.05, 0.1) is 16.9 Å². The van der Waals surface area contributed by atoms with Crippen LogP contribution in [0.25, 0.3) is 5.65 Å². The molecule has 2 aromatic rings. The fourth-order valence-corrected chi connectivity index (χ4v) is 2.67. The molecule has 1 N–H and O–H groups in total. The third kappa shape index (κ3) is 3.20. The van der Waals surface area contributed by atoms with Crippen molar-refractivity contribution < 1.29 is 0 Å². The van der Waals surface area contributed by atoms with Crippen molar-refractivity contribution in [1.29, 1.82) is 0 Å². The van der Waals surface area contributed by atoms with Crippen molar-refractivity contribution in [2.45, 2.75) is 19.5 Å². The molecule has 0 bridgehead atoms. The molecule has 0 aromatic carbocycles. The number of rotatable bonds is 2. The minimum Gasteiger partial charge on any atom is -0.312 e. The maximum Gasteiger partial charge on any atom is 0.137 e. The summed E-state index contributed by atoms with van der Waals surface area (Å²) < 4.78 is 2.08. The van der Waals surface area contributed by atoms with Crippen molar-refractivity contribution in [2.75, 3.05) is 19.6 Å².